The van der Waals surface area contributed by atoms with Crippen molar-refractivity contribution in [2.24, 2.45) is 0 Å². The minimum atomic E-state index is -0.938. The van der Waals surface area contributed by atoms with Gasteiger partial charge in [0.25, 0.3) is 16.9 Å². The van der Waals surface area contributed by atoms with Crippen molar-refractivity contribution in [2.45, 2.75) is 19.0 Å². The van der Waals surface area contributed by atoms with Crippen LogP contribution in [0.4, 0.5) is 4.39 Å². The Bertz CT molecular complexity index is 1220. The molecule has 0 bridgehead atoms. The van der Waals surface area contributed by atoms with Gasteiger partial charge in [-0.05, 0) is 36.2 Å². The molecule has 1 saturated heterocycles. The summed E-state index contributed by atoms with van der Waals surface area (Å²) in [6.07, 6.45) is 1.74. The second-order valence-electron chi connectivity index (χ2n) is 7.38. The van der Waals surface area contributed by atoms with Gasteiger partial charge in [0.15, 0.2) is 0 Å². The van der Waals surface area contributed by atoms with E-state index in [-0.39, 0.29) is 23.4 Å². The van der Waals surface area contributed by atoms with Gasteiger partial charge in [0.1, 0.15) is 11.9 Å². The van der Waals surface area contributed by atoms with Crippen molar-refractivity contribution in [3.63, 3.8) is 0 Å². The Hall–Kier alpha value is -3.46. The number of carbonyl (C=O) groups excluding carboxylic acids is 4. The van der Waals surface area contributed by atoms with E-state index in [9.17, 15) is 23.6 Å². The van der Waals surface area contributed by atoms with Gasteiger partial charge < -0.3 is 15.2 Å². The number of halogens is 1. The lowest BCUT2D eigenvalue weighted by Gasteiger charge is -2.32. The van der Waals surface area contributed by atoms with Gasteiger partial charge in [0.05, 0.1) is 5.56 Å². The lowest BCUT2D eigenvalue weighted by Crippen LogP contribution is -2.48. The molecule has 2 amide bonds. The Kier molecular flexibility index (Phi) is 6.09. The first-order chi connectivity index (χ1) is 15.4. The number of hydrogen-bond donors (Lipinski definition) is 2. The third kappa shape index (κ3) is 4.03. The molecule has 1 fully saturated rings. The SMILES string of the molecule is CNC(=O)c1ccc(CN(C(=O)c2c[nH]c3cccc(F)c23)C2CCSC(=O)C2=O)cc1. The fourth-order valence-corrected chi connectivity index (χ4v) is 4.59. The summed E-state index contributed by atoms with van der Waals surface area (Å²) in [6, 6.07) is 10.1. The van der Waals surface area contributed by atoms with E-state index in [0.29, 0.717) is 28.8 Å². The molecular formula is C23H20FN3O4S. The molecular weight excluding hydrogens is 433 g/mol. The lowest BCUT2D eigenvalue weighted by molar-refractivity contribution is -0.135. The zero-order valence-electron chi connectivity index (χ0n) is 17.2. The summed E-state index contributed by atoms with van der Waals surface area (Å²) < 4.78 is 14.5. The molecule has 2 heterocycles. The van der Waals surface area contributed by atoms with Crippen LogP contribution in [0.2, 0.25) is 0 Å². The van der Waals surface area contributed by atoms with E-state index in [0.717, 1.165) is 11.8 Å². The quantitative estimate of drug-likeness (QED) is 0.579. The van der Waals surface area contributed by atoms with Gasteiger partial charge in [-0.15, -0.1) is 0 Å². The summed E-state index contributed by atoms with van der Waals surface area (Å²) in [5.74, 6) is -1.57. The van der Waals surface area contributed by atoms with Crippen LogP contribution < -0.4 is 5.32 Å². The number of nitrogens with one attached hydrogen (secondary N) is 2. The van der Waals surface area contributed by atoms with Crippen LogP contribution >= 0.6 is 11.8 Å². The van der Waals surface area contributed by atoms with Crippen LogP contribution in [0.1, 0.15) is 32.7 Å². The van der Waals surface area contributed by atoms with E-state index < -0.39 is 28.7 Å². The highest BCUT2D eigenvalue weighted by Gasteiger charge is 2.38. The highest BCUT2D eigenvalue weighted by atomic mass is 32.2. The highest BCUT2D eigenvalue weighted by Crippen LogP contribution is 2.28. The van der Waals surface area contributed by atoms with E-state index in [4.69, 9.17) is 0 Å². The molecule has 32 heavy (non-hydrogen) atoms. The topological polar surface area (TPSA) is 99.3 Å². The lowest BCUT2D eigenvalue weighted by atomic mass is 10.0. The third-order valence-corrected chi connectivity index (χ3v) is 6.35. The van der Waals surface area contributed by atoms with Crippen molar-refractivity contribution in [3.8, 4) is 0 Å². The van der Waals surface area contributed by atoms with Gasteiger partial charge in [-0.2, -0.15) is 0 Å². The molecule has 1 aromatic heterocycles. The first kappa shape index (κ1) is 21.8. The van der Waals surface area contributed by atoms with Gasteiger partial charge in [0, 0.05) is 42.0 Å². The standard InChI is InChI=1S/C23H20FN3O4S/c1-25-21(29)14-7-5-13(6-8-14)12-27(18-9-10-32-23(31)20(18)28)22(30)15-11-26-17-4-2-3-16(24)19(15)17/h2-8,11,18,26H,9-10,12H2,1H3,(H,25,29). The van der Waals surface area contributed by atoms with Crippen LogP contribution in [0, 0.1) is 5.82 Å². The van der Waals surface area contributed by atoms with Crippen molar-refractivity contribution in [1.29, 1.82) is 0 Å². The number of Topliss-reactive ketones (excluding diaryl/α,β-unsaturated/α-hetero) is 1. The molecule has 2 N–H and O–H groups in total. The fraction of sp³-hybridized carbons (Fsp3) is 0.217. The molecule has 0 radical (unpaired) electrons. The molecule has 9 heteroatoms. The number of carbonyl (C=O) groups is 4. The average molecular weight is 453 g/mol. The zero-order valence-corrected chi connectivity index (χ0v) is 18.0. The zero-order chi connectivity index (χ0) is 22.8. The number of nitrogens with zero attached hydrogens (tertiary/aromatic N) is 1. The monoisotopic (exact) mass is 453 g/mol. The maximum Gasteiger partial charge on any atom is 0.257 e. The summed E-state index contributed by atoms with van der Waals surface area (Å²) in [5.41, 5.74) is 1.68. The number of hydrogen-bond acceptors (Lipinski definition) is 5. The van der Waals surface area contributed by atoms with E-state index in [2.05, 4.69) is 10.3 Å². The molecule has 164 valence electrons. The number of ketones is 1. The Morgan fingerprint density at radius 2 is 1.94 bits per heavy atom. The smallest absolute Gasteiger partial charge is 0.257 e. The summed E-state index contributed by atoms with van der Waals surface area (Å²) in [6.45, 7) is 0.0301. The molecule has 3 aromatic rings. The Morgan fingerprint density at radius 3 is 2.66 bits per heavy atom. The Labute approximate surface area is 187 Å². The average Bonchev–Trinajstić information content (AvgIpc) is 3.24. The van der Waals surface area contributed by atoms with Crippen LogP contribution in [-0.2, 0) is 16.1 Å². The molecule has 0 saturated carbocycles. The summed E-state index contributed by atoms with van der Waals surface area (Å²) in [5, 5.41) is 2.09. The van der Waals surface area contributed by atoms with Crippen molar-refractivity contribution in [3.05, 3.63) is 71.2 Å². The normalized spacial score (nSPS) is 16.2. The molecule has 1 aliphatic rings. The van der Waals surface area contributed by atoms with Gasteiger partial charge in [-0.1, -0.05) is 30.0 Å². The van der Waals surface area contributed by atoms with Crippen LogP contribution in [0.25, 0.3) is 10.9 Å². The number of aromatic amines is 1. The number of rotatable bonds is 5. The van der Waals surface area contributed by atoms with Crippen molar-refractivity contribution in [1.82, 2.24) is 15.2 Å². The highest BCUT2D eigenvalue weighted by molar-refractivity contribution is 8.15. The second-order valence-corrected chi connectivity index (χ2v) is 8.45. The minimum Gasteiger partial charge on any atom is -0.360 e. The molecule has 0 spiro atoms. The van der Waals surface area contributed by atoms with Crippen LogP contribution in [0.15, 0.2) is 48.7 Å². The number of thioether (sulfide) groups is 1. The Morgan fingerprint density at radius 1 is 1.19 bits per heavy atom. The number of amides is 2. The van der Waals surface area contributed by atoms with Crippen molar-refractivity contribution in [2.75, 3.05) is 12.8 Å². The number of fused-ring (bicyclic) bond motifs is 1. The van der Waals surface area contributed by atoms with Crippen molar-refractivity contribution >= 4 is 45.4 Å². The third-order valence-electron chi connectivity index (χ3n) is 5.45. The Balaban J connectivity index is 1.72. The van der Waals surface area contributed by atoms with E-state index >= 15 is 0 Å². The maximum atomic E-state index is 14.5. The van der Waals surface area contributed by atoms with Gasteiger partial charge in [-0.25, -0.2) is 4.39 Å². The molecule has 1 aliphatic heterocycles. The molecule has 2 aromatic carbocycles. The number of aromatic nitrogens is 1. The van der Waals surface area contributed by atoms with Gasteiger partial charge in [-0.3, -0.25) is 19.2 Å². The predicted molar refractivity (Wildman–Crippen MR) is 119 cm³/mol. The summed E-state index contributed by atoms with van der Waals surface area (Å²) in [7, 11) is 1.53. The van der Waals surface area contributed by atoms with Crippen LogP contribution in [0.3, 0.4) is 0 Å². The van der Waals surface area contributed by atoms with Crippen LogP contribution in [0.5, 0.6) is 0 Å². The summed E-state index contributed by atoms with van der Waals surface area (Å²) >= 11 is 0.938. The molecule has 4 rings (SSSR count). The minimum absolute atomic E-state index is 0.0301. The molecule has 1 unspecified atom stereocenters. The molecule has 0 aliphatic carbocycles. The first-order valence-electron chi connectivity index (χ1n) is 9.99. The molecule has 7 nitrogen and oxygen atoms in total. The predicted octanol–water partition coefficient (Wildman–Crippen LogP) is 2.91. The van der Waals surface area contributed by atoms with Crippen molar-refractivity contribution < 1.29 is 23.6 Å². The maximum absolute atomic E-state index is 14.5. The first-order valence-corrected chi connectivity index (χ1v) is 11.0. The van der Waals surface area contributed by atoms with Crippen LogP contribution in [-0.4, -0.2) is 51.4 Å². The van der Waals surface area contributed by atoms with E-state index in [1.165, 1.54) is 30.3 Å². The van der Waals surface area contributed by atoms with Gasteiger partial charge in [0.2, 0.25) is 5.78 Å². The largest absolute Gasteiger partial charge is 0.360 e. The van der Waals surface area contributed by atoms with E-state index in [1.807, 2.05) is 0 Å². The van der Waals surface area contributed by atoms with Gasteiger partial charge >= 0.3 is 0 Å². The summed E-state index contributed by atoms with van der Waals surface area (Å²) in [4.78, 5) is 54.3. The van der Waals surface area contributed by atoms with E-state index in [1.54, 1.807) is 30.3 Å². The second kappa shape index (κ2) is 8.96. The fourth-order valence-electron chi connectivity index (χ4n) is 3.79. The molecule has 1 atom stereocenters. The number of benzene rings is 2. The number of H-pyrrole nitrogens is 1.